The molecule has 0 unspecified atom stereocenters. The SMILES string of the molecule is C=CCOc1cccc(NC(=O)CNc2cccc(OC(C)C)c2)c1. The van der Waals surface area contributed by atoms with E-state index >= 15 is 0 Å². The Kier molecular flexibility index (Phi) is 6.89. The lowest BCUT2D eigenvalue weighted by Gasteiger charge is -2.12. The van der Waals surface area contributed by atoms with Crippen LogP contribution in [0.5, 0.6) is 11.5 Å². The summed E-state index contributed by atoms with van der Waals surface area (Å²) < 4.78 is 11.1. The van der Waals surface area contributed by atoms with Crippen molar-refractivity contribution in [2.45, 2.75) is 20.0 Å². The quantitative estimate of drug-likeness (QED) is 0.675. The number of amides is 1. The molecule has 0 aliphatic heterocycles. The van der Waals surface area contributed by atoms with E-state index in [0.717, 1.165) is 11.4 Å². The summed E-state index contributed by atoms with van der Waals surface area (Å²) in [5.41, 5.74) is 1.52. The van der Waals surface area contributed by atoms with Gasteiger partial charge in [0, 0.05) is 23.5 Å². The standard InChI is InChI=1S/C20H24N2O3/c1-4-11-24-18-9-6-8-17(13-18)22-20(23)14-21-16-7-5-10-19(12-16)25-15(2)3/h4-10,12-13,15,21H,1,11,14H2,2-3H3,(H,22,23). The second-order valence-corrected chi connectivity index (χ2v) is 5.72. The van der Waals surface area contributed by atoms with Crippen LogP contribution in [0.1, 0.15) is 13.8 Å². The number of nitrogens with one attached hydrogen (secondary N) is 2. The number of rotatable bonds is 9. The average Bonchev–Trinajstić information content (AvgIpc) is 2.58. The fraction of sp³-hybridized carbons (Fsp3) is 0.250. The fourth-order valence-corrected chi connectivity index (χ4v) is 2.16. The van der Waals surface area contributed by atoms with E-state index in [0.29, 0.717) is 18.0 Å². The molecule has 5 nitrogen and oxygen atoms in total. The van der Waals surface area contributed by atoms with E-state index in [1.165, 1.54) is 0 Å². The van der Waals surface area contributed by atoms with Crippen molar-refractivity contribution < 1.29 is 14.3 Å². The van der Waals surface area contributed by atoms with Gasteiger partial charge in [-0.25, -0.2) is 0 Å². The van der Waals surface area contributed by atoms with E-state index in [-0.39, 0.29) is 18.6 Å². The lowest BCUT2D eigenvalue weighted by atomic mass is 10.3. The van der Waals surface area contributed by atoms with E-state index in [1.54, 1.807) is 12.1 Å². The third kappa shape index (κ3) is 6.59. The Morgan fingerprint density at radius 2 is 1.80 bits per heavy atom. The molecule has 0 fully saturated rings. The van der Waals surface area contributed by atoms with Gasteiger partial charge in [-0.2, -0.15) is 0 Å². The molecule has 0 atom stereocenters. The molecule has 0 radical (unpaired) electrons. The first kappa shape index (κ1) is 18.4. The lowest BCUT2D eigenvalue weighted by molar-refractivity contribution is -0.114. The van der Waals surface area contributed by atoms with Crippen LogP contribution in [0, 0.1) is 0 Å². The van der Waals surface area contributed by atoms with Crippen molar-refractivity contribution in [3.63, 3.8) is 0 Å². The summed E-state index contributed by atoms with van der Waals surface area (Å²) >= 11 is 0. The predicted molar refractivity (Wildman–Crippen MR) is 101 cm³/mol. The van der Waals surface area contributed by atoms with Gasteiger partial charge in [0.15, 0.2) is 0 Å². The highest BCUT2D eigenvalue weighted by molar-refractivity contribution is 5.93. The minimum Gasteiger partial charge on any atom is -0.491 e. The van der Waals surface area contributed by atoms with Gasteiger partial charge in [-0.3, -0.25) is 4.79 Å². The maximum atomic E-state index is 12.1. The van der Waals surface area contributed by atoms with E-state index in [1.807, 2.05) is 56.3 Å². The van der Waals surface area contributed by atoms with Gasteiger partial charge in [-0.05, 0) is 38.1 Å². The Morgan fingerprint density at radius 1 is 1.12 bits per heavy atom. The van der Waals surface area contributed by atoms with Crippen LogP contribution >= 0.6 is 0 Å². The highest BCUT2D eigenvalue weighted by Gasteiger charge is 2.05. The van der Waals surface area contributed by atoms with Crippen LogP contribution in [0.4, 0.5) is 11.4 Å². The van der Waals surface area contributed by atoms with Crippen molar-refractivity contribution >= 4 is 17.3 Å². The van der Waals surface area contributed by atoms with Crippen molar-refractivity contribution in [1.29, 1.82) is 0 Å². The molecule has 2 rings (SSSR count). The fourth-order valence-electron chi connectivity index (χ4n) is 2.16. The summed E-state index contributed by atoms with van der Waals surface area (Å²) in [6, 6.07) is 14.8. The molecule has 0 aliphatic rings. The van der Waals surface area contributed by atoms with Gasteiger partial charge < -0.3 is 20.1 Å². The third-order valence-corrected chi connectivity index (χ3v) is 3.14. The van der Waals surface area contributed by atoms with Crippen molar-refractivity contribution in [2.75, 3.05) is 23.8 Å². The van der Waals surface area contributed by atoms with E-state index in [9.17, 15) is 4.79 Å². The number of carbonyl (C=O) groups excluding carboxylic acids is 1. The van der Waals surface area contributed by atoms with Crippen LogP contribution in [0.15, 0.2) is 61.2 Å². The summed E-state index contributed by atoms with van der Waals surface area (Å²) in [6.07, 6.45) is 1.78. The van der Waals surface area contributed by atoms with E-state index in [4.69, 9.17) is 9.47 Å². The average molecular weight is 340 g/mol. The molecule has 0 spiro atoms. The Hall–Kier alpha value is -2.95. The van der Waals surface area contributed by atoms with Gasteiger partial charge in [-0.1, -0.05) is 24.8 Å². The first-order valence-corrected chi connectivity index (χ1v) is 8.21. The molecular formula is C20H24N2O3. The highest BCUT2D eigenvalue weighted by atomic mass is 16.5. The zero-order chi connectivity index (χ0) is 18.1. The maximum absolute atomic E-state index is 12.1. The van der Waals surface area contributed by atoms with Crippen molar-refractivity contribution in [2.24, 2.45) is 0 Å². The van der Waals surface area contributed by atoms with Gasteiger partial charge in [0.1, 0.15) is 18.1 Å². The van der Waals surface area contributed by atoms with Gasteiger partial charge in [0.2, 0.25) is 5.91 Å². The molecule has 0 aliphatic carbocycles. The van der Waals surface area contributed by atoms with Crippen molar-refractivity contribution in [3.05, 3.63) is 61.2 Å². The van der Waals surface area contributed by atoms with Crippen LogP contribution in [0.2, 0.25) is 0 Å². The van der Waals surface area contributed by atoms with E-state index < -0.39 is 0 Å². The molecule has 0 saturated heterocycles. The minimum absolute atomic E-state index is 0.106. The number of anilines is 2. The highest BCUT2D eigenvalue weighted by Crippen LogP contribution is 2.19. The summed E-state index contributed by atoms with van der Waals surface area (Å²) in [5.74, 6) is 1.31. The van der Waals surface area contributed by atoms with Crippen LogP contribution in [0.25, 0.3) is 0 Å². The zero-order valence-corrected chi connectivity index (χ0v) is 14.6. The summed E-state index contributed by atoms with van der Waals surface area (Å²) in [7, 11) is 0. The summed E-state index contributed by atoms with van der Waals surface area (Å²) in [4.78, 5) is 12.1. The van der Waals surface area contributed by atoms with Crippen LogP contribution < -0.4 is 20.1 Å². The molecule has 132 valence electrons. The van der Waals surface area contributed by atoms with Crippen molar-refractivity contribution in [1.82, 2.24) is 0 Å². The minimum atomic E-state index is -0.143. The van der Waals surface area contributed by atoms with Gasteiger partial charge in [0.05, 0.1) is 12.6 Å². The van der Waals surface area contributed by atoms with Crippen molar-refractivity contribution in [3.8, 4) is 11.5 Å². The lowest BCUT2D eigenvalue weighted by Crippen LogP contribution is -2.21. The molecule has 2 aromatic rings. The Balaban J connectivity index is 1.87. The summed E-state index contributed by atoms with van der Waals surface area (Å²) in [6.45, 7) is 8.13. The first-order chi connectivity index (χ1) is 12.1. The smallest absolute Gasteiger partial charge is 0.243 e. The molecule has 2 N–H and O–H groups in total. The Bertz CT molecular complexity index is 714. The molecule has 25 heavy (non-hydrogen) atoms. The molecule has 0 heterocycles. The Morgan fingerprint density at radius 3 is 2.52 bits per heavy atom. The van der Waals surface area contributed by atoms with E-state index in [2.05, 4.69) is 17.2 Å². The molecule has 5 heteroatoms. The normalized spacial score (nSPS) is 10.2. The predicted octanol–water partition coefficient (Wildman–Crippen LogP) is 4.09. The zero-order valence-electron chi connectivity index (χ0n) is 14.6. The Labute approximate surface area is 148 Å². The first-order valence-electron chi connectivity index (χ1n) is 8.21. The second kappa shape index (κ2) is 9.37. The van der Waals surface area contributed by atoms with Gasteiger partial charge in [-0.15, -0.1) is 0 Å². The van der Waals surface area contributed by atoms with Gasteiger partial charge in [0.25, 0.3) is 0 Å². The number of hydrogen-bond acceptors (Lipinski definition) is 4. The number of hydrogen-bond donors (Lipinski definition) is 2. The maximum Gasteiger partial charge on any atom is 0.243 e. The molecular weight excluding hydrogens is 316 g/mol. The topological polar surface area (TPSA) is 59.6 Å². The molecule has 0 saturated carbocycles. The number of benzene rings is 2. The molecule has 1 amide bonds. The molecule has 0 aromatic heterocycles. The second-order valence-electron chi connectivity index (χ2n) is 5.72. The molecule has 0 bridgehead atoms. The third-order valence-electron chi connectivity index (χ3n) is 3.14. The largest absolute Gasteiger partial charge is 0.491 e. The van der Waals surface area contributed by atoms with Gasteiger partial charge >= 0.3 is 0 Å². The van der Waals surface area contributed by atoms with Crippen LogP contribution in [-0.2, 0) is 4.79 Å². The van der Waals surface area contributed by atoms with Crippen LogP contribution in [0.3, 0.4) is 0 Å². The molecule has 2 aromatic carbocycles. The number of ether oxygens (including phenoxy) is 2. The summed E-state index contributed by atoms with van der Waals surface area (Å²) in [5, 5.41) is 5.93. The van der Waals surface area contributed by atoms with Crippen LogP contribution in [-0.4, -0.2) is 25.2 Å². The monoisotopic (exact) mass is 340 g/mol. The number of carbonyl (C=O) groups is 1.